The normalized spacial score (nSPS) is 18.5. The molecular weight excluding hydrogens is 505 g/mol. The van der Waals surface area contributed by atoms with Crippen LogP contribution in [0.4, 0.5) is 27.6 Å². The number of carbonyl (C=O) groups is 2. The first-order valence-corrected chi connectivity index (χ1v) is 11.1. The van der Waals surface area contributed by atoms with Gasteiger partial charge in [0.15, 0.2) is 5.82 Å². The number of carbonyl (C=O) groups excluding carboxylic acids is 2. The molecule has 1 aliphatic carbocycles. The average molecular weight is 523 g/mol. The molecule has 14 heteroatoms. The number of amides is 1. The van der Waals surface area contributed by atoms with Crippen molar-refractivity contribution in [1.29, 1.82) is 0 Å². The van der Waals surface area contributed by atoms with E-state index in [0.717, 1.165) is 12.1 Å². The lowest BCUT2D eigenvalue weighted by Crippen LogP contribution is -2.29. The van der Waals surface area contributed by atoms with E-state index in [0.29, 0.717) is 25.2 Å². The first kappa shape index (κ1) is 24.7. The highest BCUT2D eigenvalue weighted by atomic mass is 19.4. The second-order valence-electron chi connectivity index (χ2n) is 8.75. The number of halogens is 5. The predicted molar refractivity (Wildman–Crippen MR) is 115 cm³/mol. The van der Waals surface area contributed by atoms with E-state index >= 15 is 4.39 Å². The van der Waals surface area contributed by atoms with Crippen molar-refractivity contribution in [3.05, 3.63) is 58.7 Å². The third kappa shape index (κ3) is 4.75. The fourth-order valence-corrected chi connectivity index (χ4v) is 4.24. The number of benzene rings is 2. The Labute approximate surface area is 205 Å². The third-order valence-corrected chi connectivity index (χ3v) is 6.31. The van der Waals surface area contributed by atoms with Gasteiger partial charge in [0.25, 0.3) is 0 Å². The molecule has 1 aromatic heterocycles. The fourth-order valence-electron chi connectivity index (χ4n) is 4.24. The largest absolute Gasteiger partial charge is 0.456 e. The molecule has 3 aromatic rings. The van der Waals surface area contributed by atoms with E-state index in [1.165, 1.54) is 6.07 Å². The number of nitrogens with zero attached hydrogens (tertiary/aromatic N) is 3. The quantitative estimate of drug-likeness (QED) is 0.373. The van der Waals surface area contributed by atoms with Gasteiger partial charge in [0, 0.05) is 23.2 Å². The molecule has 37 heavy (non-hydrogen) atoms. The third-order valence-electron chi connectivity index (χ3n) is 6.31. The van der Waals surface area contributed by atoms with Gasteiger partial charge in [0.1, 0.15) is 23.3 Å². The molecule has 9 nitrogen and oxygen atoms in total. The maximum absolute atomic E-state index is 15.2. The average Bonchev–Trinajstić information content (AvgIpc) is 3.19. The number of rotatable bonds is 6. The van der Waals surface area contributed by atoms with Gasteiger partial charge in [0.05, 0.1) is 24.2 Å². The molecule has 0 bridgehead atoms. The van der Waals surface area contributed by atoms with Gasteiger partial charge in [-0.1, -0.05) is 6.07 Å². The zero-order valence-electron chi connectivity index (χ0n) is 18.9. The van der Waals surface area contributed by atoms with Crippen molar-refractivity contribution in [3.8, 4) is 11.4 Å². The summed E-state index contributed by atoms with van der Waals surface area (Å²) in [5.41, 5.74) is -3.47. The number of alkyl halides is 3. The summed E-state index contributed by atoms with van der Waals surface area (Å²) in [5, 5.41) is 15.4. The van der Waals surface area contributed by atoms with Gasteiger partial charge in [-0.2, -0.15) is 13.2 Å². The Hall–Kier alpha value is -3.94. The zero-order valence-corrected chi connectivity index (χ0v) is 18.9. The molecule has 5 rings (SSSR count). The van der Waals surface area contributed by atoms with Gasteiger partial charge in [-0.25, -0.2) is 18.7 Å². The van der Waals surface area contributed by atoms with Crippen molar-refractivity contribution in [2.45, 2.75) is 37.0 Å². The minimum absolute atomic E-state index is 0.0838. The second kappa shape index (κ2) is 9.18. The Morgan fingerprint density at radius 1 is 1.14 bits per heavy atom. The number of esters is 1. The minimum Gasteiger partial charge on any atom is -0.456 e. The molecule has 1 atom stereocenters. The van der Waals surface area contributed by atoms with Gasteiger partial charge in [0.2, 0.25) is 5.91 Å². The van der Waals surface area contributed by atoms with Crippen molar-refractivity contribution >= 4 is 17.6 Å². The van der Waals surface area contributed by atoms with Crippen molar-refractivity contribution in [2.24, 2.45) is 0 Å². The number of tetrazole rings is 1. The minimum atomic E-state index is -4.74. The Balaban J connectivity index is 1.44. The van der Waals surface area contributed by atoms with Crippen LogP contribution < -0.4 is 5.32 Å². The predicted octanol–water partition coefficient (Wildman–Crippen LogP) is 3.78. The Morgan fingerprint density at radius 2 is 1.92 bits per heavy atom. The summed E-state index contributed by atoms with van der Waals surface area (Å²) >= 11 is 0. The lowest BCUT2D eigenvalue weighted by molar-refractivity contribution is -0.137. The first-order chi connectivity index (χ1) is 17.6. The maximum Gasteiger partial charge on any atom is 0.416 e. The molecule has 1 aliphatic heterocycles. The highest BCUT2D eigenvalue weighted by Crippen LogP contribution is 2.50. The molecular formula is C23H18F5N5O4. The fraction of sp³-hybridized carbons (Fsp3) is 0.348. The summed E-state index contributed by atoms with van der Waals surface area (Å²) in [6.45, 7) is 0.564. The molecule has 0 spiro atoms. The number of aromatic amines is 1. The maximum atomic E-state index is 15.2. The van der Waals surface area contributed by atoms with Gasteiger partial charge < -0.3 is 14.8 Å². The van der Waals surface area contributed by atoms with Gasteiger partial charge >= 0.3 is 12.1 Å². The molecule has 2 aliphatic rings. The lowest BCUT2D eigenvalue weighted by Gasteiger charge is -2.19. The van der Waals surface area contributed by atoms with Crippen molar-refractivity contribution in [3.63, 3.8) is 0 Å². The van der Waals surface area contributed by atoms with Gasteiger partial charge in [-0.3, -0.25) is 4.79 Å². The summed E-state index contributed by atoms with van der Waals surface area (Å²) in [5.74, 6) is -4.03. The number of aromatic nitrogens is 4. The second-order valence-corrected chi connectivity index (χ2v) is 8.75. The summed E-state index contributed by atoms with van der Waals surface area (Å²) < 4.78 is 79.0. The Bertz CT molecular complexity index is 1350. The van der Waals surface area contributed by atoms with Crippen LogP contribution in [0, 0.1) is 11.6 Å². The number of anilines is 1. The molecule has 2 fully saturated rings. The number of hydrogen-bond acceptors (Lipinski definition) is 7. The van der Waals surface area contributed by atoms with Crippen LogP contribution >= 0.6 is 0 Å². The zero-order chi connectivity index (χ0) is 26.4. The first-order valence-electron chi connectivity index (χ1n) is 11.1. The number of nitrogens with one attached hydrogen (secondary N) is 2. The molecule has 1 saturated heterocycles. The van der Waals surface area contributed by atoms with Crippen LogP contribution in [0.25, 0.3) is 11.4 Å². The molecule has 0 radical (unpaired) electrons. The molecule has 194 valence electrons. The standard InChI is InChI=1S/C23H18F5N5O4/c24-16-7-11(23(26,27)28)1-2-15(16)22(4-5-22)21(35)29-12-8-14(19-30-32-33-31-19)18(17(25)9-12)20(34)37-13-3-6-36-10-13/h1-2,7-9,13H,3-6,10H2,(H,29,35)(H,30,31,32,33). The molecule has 2 N–H and O–H groups in total. The van der Waals surface area contributed by atoms with E-state index in [1.807, 2.05) is 0 Å². The molecule has 1 unspecified atom stereocenters. The number of H-pyrrole nitrogens is 1. The highest BCUT2D eigenvalue weighted by Gasteiger charge is 2.53. The molecule has 1 amide bonds. The summed E-state index contributed by atoms with van der Waals surface area (Å²) in [6, 6.07) is 4.10. The van der Waals surface area contributed by atoms with Crippen molar-refractivity contribution in [1.82, 2.24) is 20.6 Å². The number of ether oxygens (including phenoxy) is 2. The Kier molecular flexibility index (Phi) is 6.14. The smallest absolute Gasteiger partial charge is 0.416 e. The van der Waals surface area contributed by atoms with Crippen molar-refractivity contribution < 1.29 is 41.0 Å². The van der Waals surface area contributed by atoms with Crippen LogP contribution in [0.3, 0.4) is 0 Å². The number of hydrogen-bond donors (Lipinski definition) is 2. The van der Waals surface area contributed by atoms with Crippen molar-refractivity contribution in [2.75, 3.05) is 18.5 Å². The van der Waals surface area contributed by atoms with E-state index in [9.17, 15) is 27.2 Å². The molecule has 2 aromatic carbocycles. The van der Waals surface area contributed by atoms with E-state index < -0.39 is 52.3 Å². The van der Waals surface area contributed by atoms with Gasteiger partial charge in [-0.15, -0.1) is 5.10 Å². The van der Waals surface area contributed by atoms with E-state index in [-0.39, 0.29) is 42.1 Å². The lowest BCUT2D eigenvalue weighted by atomic mass is 9.93. The summed E-state index contributed by atoms with van der Waals surface area (Å²) in [7, 11) is 0. The summed E-state index contributed by atoms with van der Waals surface area (Å²) in [6.07, 6.45) is -4.49. The van der Waals surface area contributed by atoms with E-state index in [4.69, 9.17) is 9.47 Å². The van der Waals surface area contributed by atoms with Crippen LogP contribution in [-0.4, -0.2) is 51.8 Å². The Morgan fingerprint density at radius 3 is 2.51 bits per heavy atom. The van der Waals surface area contributed by atoms with Crippen LogP contribution in [0.5, 0.6) is 0 Å². The van der Waals surface area contributed by atoms with E-state index in [2.05, 4.69) is 25.9 Å². The SMILES string of the molecule is O=C(OC1CCOC1)c1c(F)cc(NC(=O)C2(c3ccc(C(F)(F)F)cc3F)CC2)cc1-c1nnn[nH]1. The van der Waals surface area contributed by atoms with Crippen LogP contribution in [0.15, 0.2) is 30.3 Å². The summed E-state index contributed by atoms with van der Waals surface area (Å²) in [4.78, 5) is 25.9. The van der Waals surface area contributed by atoms with Crippen LogP contribution in [-0.2, 0) is 25.9 Å². The monoisotopic (exact) mass is 523 g/mol. The van der Waals surface area contributed by atoms with Crippen LogP contribution in [0.2, 0.25) is 0 Å². The van der Waals surface area contributed by atoms with E-state index in [1.54, 1.807) is 0 Å². The highest BCUT2D eigenvalue weighted by molar-refractivity contribution is 6.03. The van der Waals surface area contributed by atoms with Crippen LogP contribution in [0.1, 0.15) is 40.7 Å². The molecule has 1 saturated carbocycles. The molecule has 2 heterocycles. The van der Waals surface area contributed by atoms with Gasteiger partial charge in [-0.05, 0) is 47.5 Å². The topological polar surface area (TPSA) is 119 Å².